The molecule has 0 spiro atoms. The molecule has 0 radical (unpaired) electrons. The van der Waals surface area contributed by atoms with Crippen LogP contribution in [0, 0.1) is 33.5 Å². The Morgan fingerprint density at radius 1 is 0.682 bits per heavy atom. The summed E-state index contributed by atoms with van der Waals surface area (Å²) in [5.74, 6) is 0. The summed E-state index contributed by atoms with van der Waals surface area (Å²) >= 11 is 0. The molecule has 0 aromatic carbocycles. The van der Waals surface area contributed by atoms with Gasteiger partial charge < -0.3 is 0 Å². The van der Waals surface area contributed by atoms with Crippen molar-refractivity contribution in [2.24, 2.45) is 10.8 Å². The molecule has 0 aliphatic carbocycles. The molecule has 0 atom stereocenters. The predicted molar refractivity (Wildman–Crippen MR) is 95.9 cm³/mol. The molecule has 2 heteroatoms. The van der Waals surface area contributed by atoms with Gasteiger partial charge in [0.05, 0.1) is 23.0 Å². The van der Waals surface area contributed by atoms with Gasteiger partial charge in [-0.25, -0.2) is 0 Å². The molecule has 0 N–H and O–H groups in total. The Bertz CT molecular complexity index is 370. The fourth-order valence-corrected chi connectivity index (χ4v) is 2.45. The standard InChI is InChI=1S/C18H24N2.C2H6/c1-5-9-17(15-19,10-6-2)13-14-18(16-20,11-7-3)12-8-4;1-2/h5-8H,1-4,9-14H2;1-2H3. The van der Waals surface area contributed by atoms with Gasteiger partial charge >= 0.3 is 0 Å². The van der Waals surface area contributed by atoms with E-state index in [0.717, 1.165) is 0 Å². The lowest BCUT2D eigenvalue weighted by Crippen LogP contribution is -2.24. The highest BCUT2D eigenvalue weighted by atomic mass is 14.4. The second kappa shape index (κ2) is 12.7. The minimum absolute atomic E-state index is 0.506. The largest absolute Gasteiger partial charge is 0.198 e. The van der Waals surface area contributed by atoms with E-state index in [4.69, 9.17) is 0 Å². The first-order valence-electron chi connectivity index (χ1n) is 7.83. The molecule has 0 saturated heterocycles. The molecule has 0 aromatic rings. The van der Waals surface area contributed by atoms with Crippen LogP contribution in [-0.4, -0.2) is 0 Å². The number of hydrogen-bond donors (Lipinski definition) is 0. The highest BCUT2D eigenvalue weighted by Crippen LogP contribution is 2.40. The lowest BCUT2D eigenvalue weighted by molar-refractivity contribution is 0.275. The van der Waals surface area contributed by atoms with Crippen molar-refractivity contribution in [1.82, 2.24) is 0 Å². The third-order valence-electron chi connectivity index (χ3n) is 3.70. The van der Waals surface area contributed by atoms with Crippen molar-refractivity contribution in [3.63, 3.8) is 0 Å². The van der Waals surface area contributed by atoms with Crippen molar-refractivity contribution in [3.05, 3.63) is 50.6 Å². The van der Waals surface area contributed by atoms with Crippen molar-refractivity contribution in [2.75, 3.05) is 0 Å². The number of nitrogens with zero attached hydrogens (tertiary/aromatic N) is 2. The lowest BCUT2D eigenvalue weighted by Gasteiger charge is -2.30. The summed E-state index contributed by atoms with van der Waals surface area (Å²) in [4.78, 5) is 0. The molecule has 0 aliphatic heterocycles. The van der Waals surface area contributed by atoms with Gasteiger partial charge in [0.25, 0.3) is 0 Å². The second-order valence-electron chi connectivity index (χ2n) is 5.26. The van der Waals surface area contributed by atoms with Crippen LogP contribution in [0.4, 0.5) is 0 Å². The van der Waals surface area contributed by atoms with Gasteiger partial charge in [-0.05, 0) is 38.5 Å². The maximum atomic E-state index is 9.50. The summed E-state index contributed by atoms with van der Waals surface area (Å²) < 4.78 is 0. The SMILES string of the molecule is C=CCC(C#N)(CC=C)CCC(C#N)(CC=C)CC=C.CC. The van der Waals surface area contributed by atoms with E-state index in [1.807, 2.05) is 13.8 Å². The molecule has 120 valence electrons. The zero-order valence-corrected chi connectivity index (χ0v) is 14.3. The Kier molecular flexibility index (Phi) is 12.8. The maximum absolute atomic E-state index is 9.50. The lowest BCUT2D eigenvalue weighted by atomic mass is 9.71. The van der Waals surface area contributed by atoms with Crippen LogP contribution in [0.15, 0.2) is 50.6 Å². The molecule has 0 amide bonds. The average molecular weight is 298 g/mol. The first-order chi connectivity index (χ1) is 10.6. The van der Waals surface area contributed by atoms with E-state index in [1.54, 1.807) is 24.3 Å². The number of allylic oxidation sites excluding steroid dienone is 4. The minimum Gasteiger partial charge on any atom is -0.198 e. The van der Waals surface area contributed by atoms with E-state index in [-0.39, 0.29) is 0 Å². The Hall–Kier alpha value is -2.06. The molecular weight excluding hydrogens is 268 g/mol. The normalized spacial score (nSPS) is 10.2. The van der Waals surface area contributed by atoms with Gasteiger partial charge in [0.2, 0.25) is 0 Å². The molecule has 0 fully saturated rings. The Morgan fingerprint density at radius 3 is 1.05 bits per heavy atom. The van der Waals surface area contributed by atoms with Crippen molar-refractivity contribution < 1.29 is 0 Å². The predicted octanol–water partition coefficient (Wildman–Crippen LogP) is 6.12. The quantitative estimate of drug-likeness (QED) is 0.431. The van der Waals surface area contributed by atoms with Gasteiger partial charge in [0.1, 0.15) is 0 Å². The third-order valence-corrected chi connectivity index (χ3v) is 3.70. The maximum Gasteiger partial charge on any atom is 0.0696 e. The van der Waals surface area contributed by atoms with Crippen molar-refractivity contribution in [2.45, 2.75) is 52.4 Å². The van der Waals surface area contributed by atoms with Crippen LogP contribution in [0.2, 0.25) is 0 Å². The van der Waals surface area contributed by atoms with Crippen molar-refractivity contribution in [3.8, 4) is 12.1 Å². The van der Waals surface area contributed by atoms with Crippen molar-refractivity contribution in [1.29, 1.82) is 10.5 Å². The molecule has 0 heterocycles. The van der Waals surface area contributed by atoms with E-state index in [2.05, 4.69) is 38.5 Å². The van der Waals surface area contributed by atoms with E-state index >= 15 is 0 Å². The Morgan fingerprint density at radius 2 is 0.909 bits per heavy atom. The second-order valence-corrected chi connectivity index (χ2v) is 5.26. The van der Waals surface area contributed by atoms with Crippen molar-refractivity contribution >= 4 is 0 Å². The monoisotopic (exact) mass is 298 g/mol. The molecular formula is C20H30N2. The molecule has 0 aromatic heterocycles. The minimum atomic E-state index is -0.506. The molecule has 0 bridgehead atoms. The van der Waals surface area contributed by atoms with Crippen LogP contribution in [0.1, 0.15) is 52.4 Å². The molecule has 0 aliphatic rings. The summed E-state index contributed by atoms with van der Waals surface area (Å²) in [5, 5.41) is 19.0. The Balaban J connectivity index is 0. The summed E-state index contributed by atoms with van der Waals surface area (Å²) in [6, 6.07) is 4.79. The van der Waals surface area contributed by atoms with E-state index in [0.29, 0.717) is 38.5 Å². The number of rotatable bonds is 11. The van der Waals surface area contributed by atoms with Gasteiger partial charge in [0.15, 0.2) is 0 Å². The molecule has 2 nitrogen and oxygen atoms in total. The number of nitriles is 2. The molecule has 22 heavy (non-hydrogen) atoms. The number of hydrogen-bond acceptors (Lipinski definition) is 2. The zero-order valence-electron chi connectivity index (χ0n) is 14.3. The smallest absolute Gasteiger partial charge is 0.0696 e. The topological polar surface area (TPSA) is 47.6 Å². The van der Waals surface area contributed by atoms with E-state index < -0.39 is 10.8 Å². The van der Waals surface area contributed by atoms with Gasteiger partial charge in [-0.3, -0.25) is 0 Å². The highest BCUT2D eigenvalue weighted by molar-refractivity contribution is 5.10. The third kappa shape index (κ3) is 7.09. The first kappa shape index (κ1) is 22.2. The first-order valence-corrected chi connectivity index (χ1v) is 7.83. The molecule has 0 unspecified atom stereocenters. The zero-order chi connectivity index (χ0) is 17.5. The molecule has 0 rings (SSSR count). The van der Waals surface area contributed by atoms with Crippen LogP contribution in [0.25, 0.3) is 0 Å². The average Bonchev–Trinajstić information content (AvgIpc) is 2.55. The van der Waals surface area contributed by atoms with E-state index in [1.165, 1.54) is 0 Å². The van der Waals surface area contributed by atoms with Gasteiger partial charge in [-0.2, -0.15) is 10.5 Å². The van der Waals surface area contributed by atoms with Crippen LogP contribution >= 0.6 is 0 Å². The van der Waals surface area contributed by atoms with Gasteiger partial charge in [-0.1, -0.05) is 38.2 Å². The highest BCUT2D eigenvalue weighted by Gasteiger charge is 2.34. The fourth-order valence-electron chi connectivity index (χ4n) is 2.45. The van der Waals surface area contributed by atoms with Crippen LogP contribution in [0.5, 0.6) is 0 Å². The van der Waals surface area contributed by atoms with Crippen LogP contribution < -0.4 is 0 Å². The summed E-state index contributed by atoms with van der Waals surface area (Å²) in [5.41, 5.74) is -1.01. The molecule has 0 saturated carbocycles. The fraction of sp³-hybridized carbons (Fsp3) is 0.500. The Labute approximate surface area is 137 Å². The van der Waals surface area contributed by atoms with Gasteiger partial charge in [-0.15, -0.1) is 26.3 Å². The summed E-state index contributed by atoms with van der Waals surface area (Å²) in [6.07, 6.45) is 10.8. The van der Waals surface area contributed by atoms with Gasteiger partial charge in [0, 0.05) is 0 Å². The summed E-state index contributed by atoms with van der Waals surface area (Å²) in [7, 11) is 0. The van der Waals surface area contributed by atoms with E-state index in [9.17, 15) is 10.5 Å². The summed E-state index contributed by atoms with van der Waals surface area (Å²) in [6.45, 7) is 18.9. The van der Waals surface area contributed by atoms with Crippen LogP contribution in [-0.2, 0) is 0 Å². The van der Waals surface area contributed by atoms with Crippen LogP contribution in [0.3, 0.4) is 0 Å².